The highest BCUT2D eigenvalue weighted by Crippen LogP contribution is 2.33. The number of anilines is 1. The van der Waals surface area contributed by atoms with Gasteiger partial charge in [-0.3, -0.25) is 0 Å². The first-order valence-corrected chi connectivity index (χ1v) is 7.76. The maximum atomic E-state index is 6.05. The third kappa shape index (κ3) is 2.32. The summed E-state index contributed by atoms with van der Waals surface area (Å²) in [4.78, 5) is 13.8. The third-order valence-electron chi connectivity index (χ3n) is 3.90. The zero-order valence-electron chi connectivity index (χ0n) is 11.5. The van der Waals surface area contributed by atoms with Gasteiger partial charge in [0.15, 0.2) is 0 Å². The van der Waals surface area contributed by atoms with E-state index in [1.807, 2.05) is 0 Å². The number of piperidine rings is 1. The van der Waals surface area contributed by atoms with Gasteiger partial charge in [-0.05, 0) is 32.3 Å². The molecule has 1 aliphatic heterocycles. The van der Waals surface area contributed by atoms with Crippen LogP contribution < -0.4 is 10.6 Å². The van der Waals surface area contributed by atoms with Crippen LogP contribution in [-0.2, 0) is 6.42 Å². The second kappa shape index (κ2) is 5.06. The Labute approximate surface area is 117 Å². The molecular weight excluding hydrogens is 256 g/mol. The molecule has 2 unspecified atom stereocenters. The smallest absolute Gasteiger partial charge is 0.141 e. The minimum Gasteiger partial charge on any atom is -0.353 e. The zero-order chi connectivity index (χ0) is 13.4. The molecule has 2 aromatic rings. The Morgan fingerprint density at radius 3 is 3.05 bits per heavy atom. The van der Waals surface area contributed by atoms with Gasteiger partial charge < -0.3 is 10.6 Å². The summed E-state index contributed by atoms with van der Waals surface area (Å²) in [5, 5.41) is 1.20. The van der Waals surface area contributed by atoms with Crippen molar-refractivity contribution in [1.82, 2.24) is 9.97 Å². The quantitative estimate of drug-likeness (QED) is 0.916. The molecule has 2 atom stereocenters. The van der Waals surface area contributed by atoms with E-state index in [0.717, 1.165) is 36.5 Å². The lowest BCUT2D eigenvalue weighted by Crippen LogP contribution is -2.46. The Balaban J connectivity index is 2.02. The standard InChI is InChI=1S/C14H20N4S/c1-3-11-7-12-13(16-8-17-14(12)19-11)18-5-4-10(15)6-9(18)2/h7-10H,3-6,15H2,1-2H3. The number of fused-ring (bicyclic) bond motifs is 1. The fraction of sp³-hybridized carbons (Fsp3) is 0.571. The first-order chi connectivity index (χ1) is 9.19. The van der Waals surface area contributed by atoms with Crippen molar-refractivity contribution >= 4 is 27.4 Å². The third-order valence-corrected chi connectivity index (χ3v) is 5.08. The number of thiophene rings is 1. The first-order valence-electron chi connectivity index (χ1n) is 6.94. The maximum absolute atomic E-state index is 6.05. The summed E-state index contributed by atoms with van der Waals surface area (Å²) >= 11 is 1.77. The Morgan fingerprint density at radius 1 is 1.47 bits per heavy atom. The van der Waals surface area contributed by atoms with E-state index in [1.165, 1.54) is 10.3 Å². The molecule has 1 saturated heterocycles. The van der Waals surface area contributed by atoms with Crippen molar-refractivity contribution in [3.63, 3.8) is 0 Å². The number of aromatic nitrogens is 2. The SMILES string of the molecule is CCc1cc2c(N3CCC(N)CC3C)ncnc2s1. The molecule has 3 heterocycles. The van der Waals surface area contributed by atoms with E-state index in [2.05, 4.69) is 34.8 Å². The number of nitrogens with two attached hydrogens (primary N) is 1. The fourth-order valence-electron chi connectivity index (χ4n) is 2.82. The lowest BCUT2D eigenvalue weighted by Gasteiger charge is -2.37. The van der Waals surface area contributed by atoms with E-state index in [-0.39, 0.29) is 0 Å². The van der Waals surface area contributed by atoms with Crippen LogP contribution in [-0.4, -0.2) is 28.6 Å². The predicted molar refractivity (Wildman–Crippen MR) is 80.8 cm³/mol. The molecule has 1 fully saturated rings. The van der Waals surface area contributed by atoms with Crippen molar-refractivity contribution in [2.24, 2.45) is 5.73 Å². The Hall–Kier alpha value is -1.20. The molecule has 2 aromatic heterocycles. The molecule has 4 nitrogen and oxygen atoms in total. The maximum Gasteiger partial charge on any atom is 0.141 e. The molecule has 0 amide bonds. The van der Waals surface area contributed by atoms with Gasteiger partial charge in [0, 0.05) is 23.5 Å². The van der Waals surface area contributed by atoms with Crippen LogP contribution in [0.4, 0.5) is 5.82 Å². The minimum absolute atomic E-state index is 0.331. The van der Waals surface area contributed by atoms with Crippen molar-refractivity contribution in [2.75, 3.05) is 11.4 Å². The molecule has 5 heteroatoms. The monoisotopic (exact) mass is 276 g/mol. The number of hydrogen-bond acceptors (Lipinski definition) is 5. The predicted octanol–water partition coefficient (Wildman–Crippen LogP) is 2.57. The van der Waals surface area contributed by atoms with Crippen molar-refractivity contribution < 1.29 is 0 Å². The number of rotatable bonds is 2. The van der Waals surface area contributed by atoms with E-state index in [0.29, 0.717) is 12.1 Å². The summed E-state index contributed by atoms with van der Waals surface area (Å²) in [6.07, 6.45) is 4.83. The molecule has 0 aliphatic carbocycles. The van der Waals surface area contributed by atoms with Gasteiger partial charge in [0.1, 0.15) is 17.0 Å². The van der Waals surface area contributed by atoms with Gasteiger partial charge in [0.2, 0.25) is 0 Å². The first kappa shape index (κ1) is 12.8. The molecule has 0 aromatic carbocycles. The highest BCUT2D eigenvalue weighted by molar-refractivity contribution is 7.18. The van der Waals surface area contributed by atoms with Crippen molar-refractivity contribution in [3.05, 3.63) is 17.3 Å². The normalized spacial score (nSPS) is 24.1. The van der Waals surface area contributed by atoms with E-state index in [1.54, 1.807) is 17.7 Å². The van der Waals surface area contributed by atoms with Gasteiger partial charge in [0.05, 0.1) is 5.39 Å². The lowest BCUT2D eigenvalue weighted by atomic mass is 9.99. The second-order valence-electron chi connectivity index (χ2n) is 5.31. The number of hydrogen-bond donors (Lipinski definition) is 1. The molecular formula is C14H20N4S. The van der Waals surface area contributed by atoms with Crippen molar-refractivity contribution in [2.45, 2.75) is 45.2 Å². The topological polar surface area (TPSA) is 55.0 Å². The van der Waals surface area contributed by atoms with E-state index < -0.39 is 0 Å². The van der Waals surface area contributed by atoms with Crippen LogP contribution in [0.2, 0.25) is 0 Å². The van der Waals surface area contributed by atoms with Gasteiger partial charge >= 0.3 is 0 Å². The van der Waals surface area contributed by atoms with E-state index in [4.69, 9.17) is 5.73 Å². The van der Waals surface area contributed by atoms with Gasteiger partial charge in [-0.2, -0.15) is 0 Å². The molecule has 2 N–H and O–H groups in total. The van der Waals surface area contributed by atoms with Crippen LogP contribution in [0.1, 0.15) is 31.6 Å². The Bertz CT molecular complexity index is 580. The zero-order valence-corrected chi connectivity index (χ0v) is 12.3. The van der Waals surface area contributed by atoms with E-state index in [9.17, 15) is 0 Å². The molecule has 0 saturated carbocycles. The lowest BCUT2D eigenvalue weighted by molar-refractivity contribution is 0.428. The van der Waals surface area contributed by atoms with Crippen LogP contribution in [0.25, 0.3) is 10.2 Å². The van der Waals surface area contributed by atoms with Gasteiger partial charge in [-0.25, -0.2) is 9.97 Å². The van der Waals surface area contributed by atoms with Crippen LogP contribution in [0.3, 0.4) is 0 Å². The Morgan fingerprint density at radius 2 is 2.32 bits per heavy atom. The van der Waals surface area contributed by atoms with E-state index >= 15 is 0 Å². The highest BCUT2D eigenvalue weighted by Gasteiger charge is 2.25. The van der Waals surface area contributed by atoms with Gasteiger partial charge in [-0.15, -0.1) is 11.3 Å². The average molecular weight is 276 g/mol. The fourth-order valence-corrected chi connectivity index (χ4v) is 3.75. The minimum atomic E-state index is 0.331. The second-order valence-corrected chi connectivity index (χ2v) is 6.42. The number of aryl methyl sites for hydroxylation is 1. The molecule has 1 aliphatic rings. The van der Waals surface area contributed by atoms with Crippen LogP contribution in [0.5, 0.6) is 0 Å². The molecule has 19 heavy (non-hydrogen) atoms. The number of nitrogens with zero attached hydrogens (tertiary/aromatic N) is 3. The molecule has 0 spiro atoms. The average Bonchev–Trinajstić information content (AvgIpc) is 2.82. The molecule has 102 valence electrons. The molecule has 0 bridgehead atoms. The van der Waals surface area contributed by atoms with Gasteiger partial charge in [-0.1, -0.05) is 6.92 Å². The van der Waals surface area contributed by atoms with Crippen LogP contribution >= 0.6 is 11.3 Å². The summed E-state index contributed by atoms with van der Waals surface area (Å²) in [5.41, 5.74) is 6.05. The summed E-state index contributed by atoms with van der Waals surface area (Å²) < 4.78 is 0. The Kier molecular flexibility index (Phi) is 3.41. The van der Waals surface area contributed by atoms with Crippen LogP contribution in [0.15, 0.2) is 12.4 Å². The largest absolute Gasteiger partial charge is 0.353 e. The highest BCUT2D eigenvalue weighted by atomic mass is 32.1. The summed E-state index contributed by atoms with van der Waals surface area (Å²) in [6, 6.07) is 3.03. The van der Waals surface area contributed by atoms with Crippen molar-refractivity contribution in [1.29, 1.82) is 0 Å². The van der Waals surface area contributed by atoms with Crippen molar-refractivity contribution in [3.8, 4) is 0 Å². The van der Waals surface area contributed by atoms with Gasteiger partial charge in [0.25, 0.3) is 0 Å². The summed E-state index contributed by atoms with van der Waals surface area (Å²) in [5.74, 6) is 1.08. The molecule has 3 rings (SSSR count). The summed E-state index contributed by atoms with van der Waals surface area (Å²) in [7, 11) is 0. The molecule has 0 radical (unpaired) electrons. The van der Waals surface area contributed by atoms with Crippen LogP contribution in [0, 0.1) is 0 Å². The summed E-state index contributed by atoms with van der Waals surface area (Å²) in [6.45, 7) is 5.41.